The van der Waals surface area contributed by atoms with Gasteiger partial charge in [0.25, 0.3) is 5.56 Å². The highest BCUT2D eigenvalue weighted by Crippen LogP contribution is 2.15. The van der Waals surface area contributed by atoms with Gasteiger partial charge in [-0.05, 0) is 42.8 Å². The lowest BCUT2D eigenvalue weighted by Crippen LogP contribution is -2.22. The van der Waals surface area contributed by atoms with Gasteiger partial charge in [-0.3, -0.25) is 14.3 Å². The van der Waals surface area contributed by atoms with Crippen molar-refractivity contribution in [2.75, 3.05) is 5.32 Å². The van der Waals surface area contributed by atoms with Crippen LogP contribution in [0.15, 0.2) is 65.5 Å². The number of rotatable bonds is 4. The van der Waals surface area contributed by atoms with Gasteiger partial charge in [0, 0.05) is 18.1 Å². The van der Waals surface area contributed by atoms with Gasteiger partial charge in [0.15, 0.2) is 0 Å². The first-order valence-corrected chi connectivity index (χ1v) is 8.44. The maximum atomic E-state index is 12.8. The Hall–Kier alpha value is -3.05. The van der Waals surface area contributed by atoms with Crippen LogP contribution in [0.3, 0.4) is 0 Å². The summed E-state index contributed by atoms with van der Waals surface area (Å²) in [5, 5.41) is 3.28. The summed E-state index contributed by atoms with van der Waals surface area (Å²) in [7, 11) is 1.78. The first-order valence-electron chi connectivity index (χ1n) is 8.06. The molecule has 1 amide bonds. The molecule has 0 saturated heterocycles. The van der Waals surface area contributed by atoms with E-state index in [1.807, 2.05) is 36.4 Å². The molecule has 0 fully saturated rings. The first kappa shape index (κ1) is 17.8. The predicted octanol–water partition coefficient (Wildman–Crippen LogP) is 3.79. The average Bonchev–Trinajstić information content (AvgIpc) is 2.84. The number of nitrogens with zero attached hydrogens (tertiary/aromatic N) is 2. The number of carbonyl (C=O) groups excluding carboxylic acids is 1. The van der Waals surface area contributed by atoms with Crippen molar-refractivity contribution in [3.05, 3.63) is 87.3 Å². The minimum Gasteiger partial charge on any atom is -0.316 e. The number of para-hydroxylation sites is 1. The molecule has 1 heterocycles. The number of hydrogen-bond donors (Lipinski definition) is 1. The van der Waals surface area contributed by atoms with Crippen LogP contribution < -0.4 is 10.9 Å². The van der Waals surface area contributed by atoms with E-state index in [1.54, 1.807) is 42.9 Å². The van der Waals surface area contributed by atoms with Gasteiger partial charge in [-0.15, -0.1) is 0 Å². The number of anilines is 1. The fourth-order valence-electron chi connectivity index (χ4n) is 2.66. The molecule has 0 bridgehead atoms. The highest BCUT2D eigenvalue weighted by Gasteiger charge is 2.17. The Morgan fingerprint density at radius 2 is 1.85 bits per heavy atom. The smallest absolute Gasteiger partial charge is 0.295 e. The normalized spacial score (nSPS) is 11.0. The third kappa shape index (κ3) is 3.63. The molecule has 1 aromatic heterocycles. The number of hydrogen-bond acceptors (Lipinski definition) is 2. The van der Waals surface area contributed by atoms with Crippen LogP contribution in [-0.2, 0) is 11.8 Å². The Labute approximate surface area is 156 Å². The van der Waals surface area contributed by atoms with Crippen LogP contribution in [0.5, 0.6) is 0 Å². The molecule has 1 N–H and O–H groups in total. The van der Waals surface area contributed by atoms with E-state index in [0.717, 1.165) is 11.3 Å². The molecule has 5 nitrogen and oxygen atoms in total. The molecule has 0 aliphatic rings. The van der Waals surface area contributed by atoms with Gasteiger partial charge in [-0.2, -0.15) is 0 Å². The van der Waals surface area contributed by atoms with Crippen LogP contribution in [0, 0.1) is 6.92 Å². The molecule has 0 spiro atoms. The van der Waals surface area contributed by atoms with Gasteiger partial charge < -0.3 is 5.32 Å². The lowest BCUT2D eigenvalue weighted by molar-refractivity contribution is -0.111. The van der Waals surface area contributed by atoms with E-state index in [-0.39, 0.29) is 17.2 Å². The van der Waals surface area contributed by atoms with Crippen LogP contribution in [0.4, 0.5) is 5.69 Å². The largest absolute Gasteiger partial charge is 0.316 e. The maximum absolute atomic E-state index is 12.8. The highest BCUT2D eigenvalue weighted by molar-refractivity contribution is 6.30. The van der Waals surface area contributed by atoms with Crippen molar-refractivity contribution in [1.29, 1.82) is 0 Å². The molecular formula is C20H18ClN3O2. The minimum atomic E-state index is -0.379. The summed E-state index contributed by atoms with van der Waals surface area (Å²) in [6, 6.07) is 16.4. The van der Waals surface area contributed by atoms with Gasteiger partial charge in [-0.1, -0.05) is 41.9 Å². The van der Waals surface area contributed by atoms with Crippen LogP contribution in [-0.4, -0.2) is 15.3 Å². The Balaban J connectivity index is 1.86. The summed E-state index contributed by atoms with van der Waals surface area (Å²) in [4.78, 5) is 25.0. The molecule has 0 saturated carbocycles. The Morgan fingerprint density at radius 1 is 1.12 bits per heavy atom. The summed E-state index contributed by atoms with van der Waals surface area (Å²) in [5.41, 5.74) is 2.19. The number of aromatic nitrogens is 2. The first-order chi connectivity index (χ1) is 12.5. The third-order valence-corrected chi connectivity index (χ3v) is 4.31. The van der Waals surface area contributed by atoms with Crippen molar-refractivity contribution in [3.63, 3.8) is 0 Å². The molecule has 26 heavy (non-hydrogen) atoms. The highest BCUT2D eigenvalue weighted by atomic mass is 35.5. The molecule has 2 aromatic carbocycles. The zero-order valence-corrected chi connectivity index (χ0v) is 15.2. The molecule has 0 atom stereocenters. The molecule has 132 valence electrons. The lowest BCUT2D eigenvalue weighted by atomic mass is 10.2. The van der Waals surface area contributed by atoms with E-state index in [2.05, 4.69) is 5.32 Å². The third-order valence-electron chi connectivity index (χ3n) is 4.08. The van der Waals surface area contributed by atoms with Crippen molar-refractivity contribution < 1.29 is 4.79 Å². The van der Waals surface area contributed by atoms with E-state index < -0.39 is 0 Å². The second-order valence-corrected chi connectivity index (χ2v) is 6.25. The van der Waals surface area contributed by atoms with Gasteiger partial charge in [0.05, 0.1) is 11.4 Å². The fraction of sp³-hybridized carbons (Fsp3) is 0.100. The van der Waals surface area contributed by atoms with E-state index in [0.29, 0.717) is 10.7 Å². The Morgan fingerprint density at radius 3 is 2.54 bits per heavy atom. The summed E-state index contributed by atoms with van der Waals surface area (Å²) in [6.45, 7) is 1.79. The monoisotopic (exact) mass is 367 g/mol. The molecule has 6 heteroatoms. The maximum Gasteiger partial charge on any atom is 0.295 e. The zero-order valence-electron chi connectivity index (χ0n) is 14.4. The van der Waals surface area contributed by atoms with Crippen molar-refractivity contribution in [3.8, 4) is 5.69 Å². The fourth-order valence-corrected chi connectivity index (χ4v) is 2.86. The SMILES string of the molecule is Cc1c(NC(=O)C=Cc2cccc(Cl)c2)c(=O)n(-c2ccccc2)n1C. The van der Waals surface area contributed by atoms with E-state index in [1.165, 1.54) is 10.8 Å². The number of carbonyl (C=O) groups is 1. The number of benzene rings is 2. The van der Waals surface area contributed by atoms with Gasteiger partial charge >= 0.3 is 0 Å². The number of nitrogens with one attached hydrogen (secondary N) is 1. The van der Waals surface area contributed by atoms with Crippen molar-refractivity contribution in [2.45, 2.75) is 6.92 Å². The molecule has 0 unspecified atom stereocenters. The Bertz CT molecular complexity index is 1030. The molecular weight excluding hydrogens is 350 g/mol. The second-order valence-electron chi connectivity index (χ2n) is 5.81. The summed E-state index contributed by atoms with van der Waals surface area (Å²) >= 11 is 5.93. The zero-order chi connectivity index (χ0) is 18.7. The van der Waals surface area contributed by atoms with Crippen LogP contribution in [0.25, 0.3) is 11.8 Å². The molecule has 0 aliphatic carbocycles. The number of amides is 1. The van der Waals surface area contributed by atoms with E-state index in [4.69, 9.17) is 11.6 Å². The van der Waals surface area contributed by atoms with Crippen molar-refractivity contribution >= 4 is 29.3 Å². The molecule has 0 aliphatic heterocycles. The quantitative estimate of drug-likeness (QED) is 0.713. The van der Waals surface area contributed by atoms with Crippen molar-refractivity contribution in [2.24, 2.45) is 7.05 Å². The van der Waals surface area contributed by atoms with Crippen molar-refractivity contribution in [1.82, 2.24) is 9.36 Å². The Kier molecular flexibility index (Phi) is 5.09. The topological polar surface area (TPSA) is 56.0 Å². The van der Waals surface area contributed by atoms with Crippen LogP contribution >= 0.6 is 11.6 Å². The molecule has 0 radical (unpaired) electrons. The lowest BCUT2D eigenvalue weighted by Gasteiger charge is -2.07. The standard InChI is InChI=1S/C20H18ClN3O2/c1-14-19(20(26)24(23(14)2)17-9-4-3-5-10-17)22-18(25)12-11-15-7-6-8-16(21)13-15/h3-13H,1-2H3,(H,22,25). The molecule has 3 aromatic rings. The minimum absolute atomic E-state index is 0.261. The van der Waals surface area contributed by atoms with Gasteiger partial charge in [0.1, 0.15) is 5.69 Å². The van der Waals surface area contributed by atoms with Crippen LogP contribution in [0.2, 0.25) is 5.02 Å². The van der Waals surface area contributed by atoms with Crippen LogP contribution in [0.1, 0.15) is 11.3 Å². The average molecular weight is 368 g/mol. The second kappa shape index (κ2) is 7.45. The van der Waals surface area contributed by atoms with Gasteiger partial charge in [0.2, 0.25) is 5.91 Å². The summed E-state index contributed by atoms with van der Waals surface area (Å²) < 4.78 is 3.24. The van der Waals surface area contributed by atoms with E-state index in [9.17, 15) is 9.59 Å². The molecule has 3 rings (SSSR count). The summed E-state index contributed by atoms with van der Waals surface area (Å²) in [6.07, 6.45) is 3.03. The van der Waals surface area contributed by atoms with Gasteiger partial charge in [-0.25, -0.2) is 4.68 Å². The van der Waals surface area contributed by atoms with E-state index >= 15 is 0 Å². The number of halogens is 1. The predicted molar refractivity (Wildman–Crippen MR) is 105 cm³/mol. The summed E-state index contributed by atoms with van der Waals surface area (Å²) in [5.74, 6) is -0.379.